The van der Waals surface area contributed by atoms with Crippen LogP contribution in [0.3, 0.4) is 0 Å². The number of esters is 3. The van der Waals surface area contributed by atoms with Crippen LogP contribution >= 0.6 is 0 Å². The first-order valence-electron chi connectivity index (χ1n) is 11.1. The number of hydrogen-bond donors (Lipinski definition) is 1. The molecule has 3 aromatic rings. The van der Waals surface area contributed by atoms with Crippen LogP contribution in [0.25, 0.3) is 0 Å². The Morgan fingerprint density at radius 1 is 0.629 bits per heavy atom. The van der Waals surface area contributed by atoms with Crippen molar-refractivity contribution in [3.05, 3.63) is 108 Å². The Kier molecular flexibility index (Phi) is 7.54. The highest BCUT2D eigenvalue weighted by molar-refractivity contribution is 5.91. The third-order valence-corrected chi connectivity index (χ3v) is 5.50. The third kappa shape index (κ3) is 5.74. The van der Waals surface area contributed by atoms with Gasteiger partial charge in [0.25, 0.3) is 0 Å². The van der Waals surface area contributed by atoms with E-state index in [0.717, 1.165) is 0 Å². The van der Waals surface area contributed by atoms with Crippen LogP contribution in [0.2, 0.25) is 0 Å². The van der Waals surface area contributed by atoms with Gasteiger partial charge in [0, 0.05) is 0 Å². The fourth-order valence-electron chi connectivity index (χ4n) is 3.62. The molecule has 1 N–H and O–H groups in total. The summed E-state index contributed by atoms with van der Waals surface area (Å²) in [7, 11) is 0. The lowest BCUT2D eigenvalue weighted by atomic mass is 9.99. The summed E-state index contributed by atoms with van der Waals surface area (Å²) < 4.78 is 22.4. The van der Waals surface area contributed by atoms with E-state index in [9.17, 15) is 19.5 Å². The molecule has 1 fully saturated rings. The van der Waals surface area contributed by atoms with Crippen molar-refractivity contribution in [3.63, 3.8) is 0 Å². The van der Waals surface area contributed by atoms with Gasteiger partial charge in [-0.3, -0.25) is 0 Å². The van der Waals surface area contributed by atoms with Crippen LogP contribution in [0.1, 0.15) is 38.0 Å². The first-order valence-corrected chi connectivity index (χ1v) is 11.1. The van der Waals surface area contributed by atoms with E-state index < -0.39 is 48.6 Å². The second-order valence-electron chi connectivity index (χ2n) is 7.94. The topological polar surface area (TPSA) is 108 Å². The normalized spacial score (nSPS) is 23.7. The van der Waals surface area contributed by atoms with Gasteiger partial charge in [-0.2, -0.15) is 0 Å². The lowest BCUT2D eigenvalue weighted by Gasteiger charge is -2.41. The van der Waals surface area contributed by atoms with Crippen LogP contribution in [0.5, 0.6) is 0 Å². The fraction of sp³-hybridized carbons (Fsp3) is 0.222. The number of ether oxygens (including phenoxy) is 4. The number of hydrogen-bond acceptors (Lipinski definition) is 8. The summed E-state index contributed by atoms with van der Waals surface area (Å²) in [6, 6.07) is 24.5. The zero-order valence-corrected chi connectivity index (χ0v) is 18.9. The van der Waals surface area contributed by atoms with Gasteiger partial charge in [-0.25, -0.2) is 14.4 Å². The molecule has 5 atom stereocenters. The summed E-state index contributed by atoms with van der Waals surface area (Å²) in [5.41, 5.74) is 0.715. The zero-order chi connectivity index (χ0) is 24.8. The Morgan fingerprint density at radius 2 is 1.00 bits per heavy atom. The van der Waals surface area contributed by atoms with Gasteiger partial charge in [-0.15, -0.1) is 0 Å². The quantitative estimate of drug-likeness (QED) is 0.426. The van der Waals surface area contributed by atoms with Crippen molar-refractivity contribution in [2.45, 2.75) is 37.6 Å². The molecule has 1 aliphatic rings. The maximum atomic E-state index is 12.9. The number of rotatable bonds is 6. The van der Waals surface area contributed by atoms with E-state index in [-0.39, 0.29) is 16.7 Å². The molecular formula is C27H24O8. The van der Waals surface area contributed by atoms with Gasteiger partial charge < -0.3 is 24.1 Å². The molecule has 0 aliphatic carbocycles. The third-order valence-electron chi connectivity index (χ3n) is 5.50. The zero-order valence-electron chi connectivity index (χ0n) is 18.9. The molecule has 0 spiro atoms. The van der Waals surface area contributed by atoms with Crippen LogP contribution in [-0.4, -0.2) is 53.7 Å². The smallest absolute Gasteiger partial charge is 0.340 e. The molecular weight excluding hydrogens is 452 g/mol. The first-order chi connectivity index (χ1) is 16.9. The molecule has 1 saturated heterocycles. The molecule has 0 saturated carbocycles. The Hall–Kier alpha value is -4.01. The maximum Gasteiger partial charge on any atom is 0.340 e. The van der Waals surface area contributed by atoms with Gasteiger partial charge in [0.2, 0.25) is 12.4 Å². The summed E-state index contributed by atoms with van der Waals surface area (Å²) in [6.07, 6.45) is -6.50. The molecule has 3 aromatic carbocycles. The predicted octanol–water partition coefficient (Wildman–Crippen LogP) is 3.40. The Labute approximate surface area is 202 Å². The molecule has 0 bridgehead atoms. The summed E-state index contributed by atoms with van der Waals surface area (Å²) in [6.45, 7) is 1.53. The highest BCUT2D eigenvalue weighted by Crippen LogP contribution is 2.29. The number of benzene rings is 3. The van der Waals surface area contributed by atoms with Gasteiger partial charge in [0.05, 0.1) is 22.8 Å². The monoisotopic (exact) mass is 476 g/mol. The molecule has 1 heterocycles. The molecule has 1 aliphatic heterocycles. The van der Waals surface area contributed by atoms with E-state index in [1.54, 1.807) is 91.0 Å². The molecule has 8 heteroatoms. The number of aliphatic hydroxyl groups excluding tert-OH is 1. The minimum absolute atomic E-state index is 0.224. The molecule has 0 radical (unpaired) electrons. The largest absolute Gasteiger partial charge is 0.452 e. The number of aliphatic hydroxyl groups is 1. The lowest BCUT2D eigenvalue weighted by molar-refractivity contribution is -0.275. The van der Waals surface area contributed by atoms with E-state index in [0.29, 0.717) is 0 Å². The van der Waals surface area contributed by atoms with E-state index in [2.05, 4.69) is 0 Å². The van der Waals surface area contributed by atoms with Crippen LogP contribution in [0.15, 0.2) is 91.0 Å². The molecule has 180 valence electrons. The standard InChI is InChI=1S/C27H24O8/c1-17-21(28)22(33-24(29)18-11-5-2-6-12-18)23(34-25(30)19-13-7-3-8-14-19)27(32-17)35-26(31)20-15-9-4-10-16-20/h2-17,21-23,27-28H,1H3/t17-,21-,22+,23+,27+/m1/s1. The Balaban J connectivity index is 1.63. The number of carbonyl (C=O) groups excluding carboxylic acids is 3. The van der Waals surface area contributed by atoms with Crippen LogP contribution in [0, 0.1) is 0 Å². The van der Waals surface area contributed by atoms with E-state index >= 15 is 0 Å². The average Bonchev–Trinajstić information content (AvgIpc) is 2.90. The van der Waals surface area contributed by atoms with E-state index in [1.807, 2.05) is 0 Å². The molecule has 8 nitrogen and oxygen atoms in total. The highest BCUT2D eigenvalue weighted by atomic mass is 16.7. The van der Waals surface area contributed by atoms with Gasteiger partial charge in [-0.1, -0.05) is 54.6 Å². The summed E-state index contributed by atoms with van der Waals surface area (Å²) in [5.74, 6) is -2.23. The lowest BCUT2D eigenvalue weighted by Crippen LogP contribution is -2.60. The SMILES string of the molecule is C[C@H]1O[C@@H](OC(=O)c2ccccc2)[C@@H](OC(=O)c2ccccc2)[C@@H](OC(=O)c2ccccc2)[C@@H]1O. The molecule has 0 amide bonds. The summed E-state index contributed by atoms with van der Waals surface area (Å²) in [5, 5.41) is 10.8. The molecule has 35 heavy (non-hydrogen) atoms. The number of carbonyl (C=O) groups is 3. The van der Waals surface area contributed by atoms with Crippen LogP contribution in [-0.2, 0) is 18.9 Å². The van der Waals surface area contributed by atoms with E-state index in [1.165, 1.54) is 6.92 Å². The van der Waals surface area contributed by atoms with Crippen LogP contribution < -0.4 is 0 Å². The average molecular weight is 476 g/mol. The van der Waals surface area contributed by atoms with Crippen molar-refractivity contribution in [2.24, 2.45) is 0 Å². The van der Waals surface area contributed by atoms with Gasteiger partial charge in [0.1, 0.15) is 6.10 Å². The van der Waals surface area contributed by atoms with Crippen molar-refractivity contribution in [1.82, 2.24) is 0 Å². The van der Waals surface area contributed by atoms with Crippen molar-refractivity contribution in [3.8, 4) is 0 Å². The fourth-order valence-corrected chi connectivity index (χ4v) is 3.62. The predicted molar refractivity (Wildman–Crippen MR) is 123 cm³/mol. The van der Waals surface area contributed by atoms with Crippen molar-refractivity contribution < 1.29 is 38.4 Å². The second-order valence-corrected chi connectivity index (χ2v) is 7.94. The first kappa shape index (κ1) is 24.1. The molecule has 0 aromatic heterocycles. The van der Waals surface area contributed by atoms with Gasteiger partial charge in [-0.05, 0) is 43.3 Å². The summed E-state index contributed by atoms with van der Waals surface area (Å²) >= 11 is 0. The minimum Gasteiger partial charge on any atom is -0.452 e. The van der Waals surface area contributed by atoms with E-state index in [4.69, 9.17) is 18.9 Å². The molecule has 0 unspecified atom stereocenters. The second kappa shape index (κ2) is 10.9. The van der Waals surface area contributed by atoms with Crippen molar-refractivity contribution in [1.29, 1.82) is 0 Å². The van der Waals surface area contributed by atoms with Gasteiger partial charge >= 0.3 is 17.9 Å². The maximum absolute atomic E-state index is 12.9. The van der Waals surface area contributed by atoms with Gasteiger partial charge in [0.15, 0.2) is 6.10 Å². The minimum atomic E-state index is -1.44. The Morgan fingerprint density at radius 3 is 1.43 bits per heavy atom. The summed E-state index contributed by atoms with van der Waals surface area (Å²) in [4.78, 5) is 38.4. The van der Waals surface area contributed by atoms with Crippen molar-refractivity contribution >= 4 is 17.9 Å². The Bertz CT molecular complexity index is 1150. The molecule has 4 rings (SSSR count). The van der Waals surface area contributed by atoms with Crippen LogP contribution in [0.4, 0.5) is 0 Å². The highest BCUT2D eigenvalue weighted by Gasteiger charge is 2.50. The van der Waals surface area contributed by atoms with Crippen molar-refractivity contribution in [2.75, 3.05) is 0 Å².